The first kappa shape index (κ1) is 22.5. The molecular formula is C27H28N4O2S. The molecule has 1 fully saturated rings. The SMILES string of the molecule is Cc1ccc(N=c2scc(-c3ccc([N+](=O)[O-])cc3)n2N=CC2=CCC3CC2C3(C)C)c(C)c1. The van der Waals surface area contributed by atoms with Gasteiger partial charge in [0.25, 0.3) is 5.69 Å². The highest BCUT2D eigenvalue weighted by Crippen LogP contribution is 2.58. The quantitative estimate of drug-likeness (QED) is 0.233. The van der Waals surface area contributed by atoms with Crippen molar-refractivity contribution in [2.45, 2.75) is 40.5 Å². The summed E-state index contributed by atoms with van der Waals surface area (Å²) in [5.74, 6) is 1.31. The zero-order valence-corrected chi connectivity index (χ0v) is 20.7. The number of benzene rings is 2. The zero-order valence-electron chi connectivity index (χ0n) is 19.9. The second-order valence-corrected chi connectivity index (χ2v) is 10.7. The molecule has 3 aliphatic carbocycles. The van der Waals surface area contributed by atoms with Crippen LogP contribution in [-0.4, -0.2) is 15.8 Å². The topological polar surface area (TPSA) is 72.8 Å². The number of hydrogen-bond acceptors (Lipinski definition) is 5. The number of nitro groups is 1. The molecule has 7 heteroatoms. The van der Waals surface area contributed by atoms with Crippen LogP contribution in [0.1, 0.15) is 37.8 Å². The maximum absolute atomic E-state index is 11.1. The van der Waals surface area contributed by atoms with Gasteiger partial charge in [-0.1, -0.05) is 37.6 Å². The molecule has 3 aromatic rings. The maximum atomic E-state index is 11.1. The number of allylic oxidation sites excluding steroid dienone is 2. The lowest BCUT2D eigenvalue weighted by Crippen LogP contribution is -2.48. The van der Waals surface area contributed by atoms with E-state index >= 15 is 0 Å². The molecule has 2 aromatic carbocycles. The number of thiazole rings is 1. The molecule has 1 heterocycles. The van der Waals surface area contributed by atoms with Gasteiger partial charge in [-0.05, 0) is 73.3 Å². The van der Waals surface area contributed by atoms with Gasteiger partial charge in [0.2, 0.25) is 4.80 Å². The van der Waals surface area contributed by atoms with Crippen molar-refractivity contribution in [1.29, 1.82) is 0 Å². The Hall–Kier alpha value is -3.32. The first-order valence-corrected chi connectivity index (χ1v) is 12.4. The van der Waals surface area contributed by atoms with E-state index in [2.05, 4.69) is 45.9 Å². The number of aromatic nitrogens is 1. The first-order chi connectivity index (χ1) is 16.2. The van der Waals surface area contributed by atoms with Crippen molar-refractivity contribution in [2.75, 3.05) is 0 Å². The number of non-ortho nitro benzene ring substituents is 1. The minimum Gasteiger partial charge on any atom is -0.258 e. The van der Waals surface area contributed by atoms with Gasteiger partial charge in [0.15, 0.2) is 0 Å². The van der Waals surface area contributed by atoms with Gasteiger partial charge in [0.05, 0.1) is 22.5 Å². The first-order valence-electron chi connectivity index (χ1n) is 11.6. The van der Waals surface area contributed by atoms with Crippen LogP contribution in [0.4, 0.5) is 11.4 Å². The Bertz CT molecular complexity index is 1390. The predicted molar refractivity (Wildman–Crippen MR) is 138 cm³/mol. The van der Waals surface area contributed by atoms with Crippen LogP contribution in [-0.2, 0) is 0 Å². The average Bonchev–Trinajstić information content (AvgIpc) is 3.21. The van der Waals surface area contributed by atoms with E-state index in [0.29, 0.717) is 11.3 Å². The van der Waals surface area contributed by atoms with Crippen molar-refractivity contribution in [3.63, 3.8) is 0 Å². The molecule has 174 valence electrons. The Morgan fingerprint density at radius 3 is 2.59 bits per heavy atom. The van der Waals surface area contributed by atoms with Crippen LogP contribution >= 0.6 is 11.3 Å². The molecule has 6 rings (SSSR count). The Morgan fingerprint density at radius 2 is 1.94 bits per heavy atom. The second-order valence-electron chi connectivity index (χ2n) is 9.91. The van der Waals surface area contributed by atoms with E-state index < -0.39 is 0 Å². The highest BCUT2D eigenvalue weighted by Gasteiger charge is 2.50. The van der Waals surface area contributed by atoms with Crippen LogP contribution in [0.3, 0.4) is 0 Å². The van der Waals surface area contributed by atoms with E-state index in [1.54, 1.807) is 12.1 Å². The third-order valence-electron chi connectivity index (χ3n) is 7.46. The smallest absolute Gasteiger partial charge is 0.258 e. The number of aryl methyl sites for hydroxylation is 2. The highest BCUT2D eigenvalue weighted by atomic mass is 32.1. The van der Waals surface area contributed by atoms with Crippen molar-refractivity contribution >= 4 is 28.9 Å². The number of hydrogen-bond donors (Lipinski definition) is 0. The summed E-state index contributed by atoms with van der Waals surface area (Å²) < 4.78 is 1.86. The Morgan fingerprint density at radius 1 is 1.18 bits per heavy atom. The third-order valence-corrected chi connectivity index (χ3v) is 8.28. The van der Waals surface area contributed by atoms with Crippen molar-refractivity contribution in [3.8, 4) is 11.3 Å². The molecule has 2 bridgehead atoms. The van der Waals surface area contributed by atoms with E-state index in [1.807, 2.05) is 22.3 Å². The molecule has 0 amide bonds. The minimum absolute atomic E-state index is 0.0725. The second kappa shape index (κ2) is 8.47. The maximum Gasteiger partial charge on any atom is 0.269 e. The lowest BCUT2D eigenvalue weighted by Gasteiger charge is -2.55. The molecule has 0 radical (unpaired) electrons. The van der Waals surface area contributed by atoms with E-state index in [0.717, 1.165) is 39.6 Å². The van der Waals surface area contributed by atoms with Gasteiger partial charge in [-0.25, -0.2) is 9.67 Å². The van der Waals surface area contributed by atoms with Gasteiger partial charge in [0, 0.05) is 23.1 Å². The fourth-order valence-corrected chi connectivity index (χ4v) is 5.99. The lowest BCUT2D eigenvalue weighted by atomic mass is 9.49. The summed E-state index contributed by atoms with van der Waals surface area (Å²) in [5, 5.41) is 18.0. The van der Waals surface area contributed by atoms with Crippen molar-refractivity contribution in [3.05, 3.63) is 85.5 Å². The van der Waals surface area contributed by atoms with Crippen LogP contribution in [0.5, 0.6) is 0 Å². The van der Waals surface area contributed by atoms with Gasteiger partial charge in [0.1, 0.15) is 0 Å². The molecule has 1 saturated carbocycles. The number of nitrogens with zero attached hydrogens (tertiary/aromatic N) is 4. The van der Waals surface area contributed by atoms with Crippen LogP contribution in [0, 0.1) is 41.2 Å². The lowest BCUT2D eigenvalue weighted by molar-refractivity contribution is -0.384. The van der Waals surface area contributed by atoms with E-state index in [-0.39, 0.29) is 10.6 Å². The number of nitro benzene ring substituents is 1. The molecule has 2 atom stereocenters. The van der Waals surface area contributed by atoms with Gasteiger partial charge < -0.3 is 0 Å². The summed E-state index contributed by atoms with van der Waals surface area (Å²) in [7, 11) is 0. The molecule has 1 aromatic heterocycles. The van der Waals surface area contributed by atoms with Crippen LogP contribution in [0.2, 0.25) is 0 Å². The molecule has 3 aliphatic rings. The number of fused-ring (bicyclic) bond motifs is 1. The van der Waals surface area contributed by atoms with Gasteiger partial charge >= 0.3 is 0 Å². The van der Waals surface area contributed by atoms with Crippen molar-refractivity contribution in [2.24, 2.45) is 27.3 Å². The highest BCUT2D eigenvalue weighted by molar-refractivity contribution is 7.07. The van der Waals surface area contributed by atoms with E-state index in [9.17, 15) is 10.1 Å². The standard InChI is InChI=1S/C27H28N4O2S/c1-17-5-12-24(18(2)13-17)29-26-30(28-15-20-6-9-21-14-23(20)27(21,3)4)25(16-34-26)19-7-10-22(11-8-19)31(32)33/h5-8,10-13,15-16,21,23H,9,14H2,1-4H3. The Balaban J connectivity index is 1.59. The summed E-state index contributed by atoms with van der Waals surface area (Å²) in [5.41, 5.74) is 6.63. The zero-order chi connectivity index (χ0) is 24.0. The van der Waals surface area contributed by atoms with E-state index in [1.165, 1.54) is 41.0 Å². The fourth-order valence-electron chi connectivity index (χ4n) is 5.14. The Labute approximate surface area is 203 Å². The van der Waals surface area contributed by atoms with Crippen molar-refractivity contribution < 1.29 is 4.92 Å². The summed E-state index contributed by atoms with van der Waals surface area (Å²) in [6.07, 6.45) is 6.65. The minimum atomic E-state index is -0.381. The molecule has 2 unspecified atom stereocenters. The Kier molecular flexibility index (Phi) is 5.60. The van der Waals surface area contributed by atoms with Crippen LogP contribution < -0.4 is 4.80 Å². The molecule has 6 nitrogen and oxygen atoms in total. The van der Waals surface area contributed by atoms with E-state index in [4.69, 9.17) is 10.1 Å². The summed E-state index contributed by atoms with van der Waals surface area (Å²) >= 11 is 1.52. The molecule has 0 aliphatic heterocycles. The summed E-state index contributed by atoms with van der Waals surface area (Å²) in [6, 6.07) is 12.8. The van der Waals surface area contributed by atoms with Gasteiger partial charge in [-0.15, -0.1) is 11.3 Å². The van der Waals surface area contributed by atoms with Crippen LogP contribution in [0.25, 0.3) is 11.3 Å². The monoisotopic (exact) mass is 472 g/mol. The molecule has 34 heavy (non-hydrogen) atoms. The summed E-state index contributed by atoms with van der Waals surface area (Å²) in [4.78, 5) is 16.4. The molecule has 0 saturated heterocycles. The average molecular weight is 473 g/mol. The predicted octanol–water partition coefficient (Wildman–Crippen LogP) is 6.80. The summed E-state index contributed by atoms with van der Waals surface area (Å²) in [6.45, 7) is 8.84. The van der Waals surface area contributed by atoms with Crippen molar-refractivity contribution in [1.82, 2.24) is 4.68 Å². The van der Waals surface area contributed by atoms with Gasteiger partial charge in [-0.2, -0.15) is 5.10 Å². The largest absolute Gasteiger partial charge is 0.269 e. The van der Waals surface area contributed by atoms with Crippen LogP contribution in [0.15, 0.2) is 69.6 Å². The molecule has 0 spiro atoms. The molecular weight excluding hydrogens is 444 g/mol. The molecule has 0 N–H and O–H groups in total. The number of rotatable bonds is 5. The fraction of sp³-hybridized carbons (Fsp3) is 0.333. The normalized spacial score (nSPS) is 21.4. The third kappa shape index (κ3) is 3.94. The van der Waals surface area contributed by atoms with Gasteiger partial charge in [-0.3, -0.25) is 10.1 Å².